The molecule has 0 heterocycles. The van der Waals surface area contributed by atoms with Crippen LogP contribution in [0.1, 0.15) is 25.7 Å². The van der Waals surface area contributed by atoms with Crippen molar-refractivity contribution < 1.29 is 23.1 Å². The summed E-state index contributed by atoms with van der Waals surface area (Å²) in [5.74, 6) is 0. The average molecular weight is 266 g/mol. The zero-order chi connectivity index (χ0) is 12.9. The number of ether oxygens (including phenoxy) is 1. The third-order valence-corrected chi connectivity index (χ3v) is 4.25. The highest BCUT2D eigenvalue weighted by Crippen LogP contribution is 2.26. The van der Waals surface area contributed by atoms with Gasteiger partial charge in [-0.2, -0.15) is 12.7 Å². The van der Waals surface area contributed by atoms with E-state index in [0.717, 1.165) is 26.4 Å². The van der Waals surface area contributed by atoms with Crippen LogP contribution in [0, 0.1) is 0 Å². The molecule has 1 rings (SSSR count). The first-order valence-electron chi connectivity index (χ1n) is 5.49. The molecule has 1 saturated carbocycles. The number of nitrogens with zero attached hydrogens (tertiary/aromatic N) is 1. The molecule has 0 radical (unpaired) electrons. The molecule has 0 aromatic heterocycles. The number of aliphatic hydroxyl groups excluding tert-OH is 1. The number of aliphatic hydroxyl groups is 1. The minimum absolute atomic E-state index is 0.0799. The lowest BCUT2D eigenvalue weighted by molar-refractivity contribution is 0.172. The minimum atomic E-state index is -3.87. The van der Waals surface area contributed by atoms with Gasteiger partial charge in [0.2, 0.25) is 0 Å². The highest BCUT2D eigenvalue weighted by molar-refractivity contribution is 7.87. The third kappa shape index (κ3) is 3.83. The Labute approximate surface area is 101 Å². The van der Waals surface area contributed by atoms with Crippen molar-refractivity contribution in [1.82, 2.24) is 9.03 Å². The lowest BCUT2D eigenvalue weighted by atomic mass is 9.93. The Balaban J connectivity index is 2.69. The highest BCUT2D eigenvalue weighted by atomic mass is 32.2. The second kappa shape index (κ2) is 6.18. The van der Waals surface area contributed by atoms with E-state index in [4.69, 9.17) is 5.11 Å². The highest BCUT2D eigenvalue weighted by Gasteiger charge is 2.34. The van der Waals surface area contributed by atoms with E-state index in [1.54, 1.807) is 0 Å². The zero-order valence-corrected chi connectivity index (χ0v) is 10.6. The lowest BCUT2D eigenvalue weighted by Crippen LogP contribution is -2.51. The lowest BCUT2D eigenvalue weighted by Gasteiger charge is -2.35. The summed E-state index contributed by atoms with van der Waals surface area (Å²) in [7, 11) is -2.76. The van der Waals surface area contributed by atoms with Crippen molar-refractivity contribution in [3.8, 4) is 0 Å². The number of methoxy groups -OCH3 is 1. The average Bonchev–Trinajstić information content (AvgIpc) is 2.20. The molecule has 0 bridgehead atoms. The first kappa shape index (κ1) is 14.2. The maximum Gasteiger partial charge on any atom is 0.421 e. The van der Waals surface area contributed by atoms with Gasteiger partial charge < -0.3 is 9.84 Å². The van der Waals surface area contributed by atoms with Crippen molar-refractivity contribution in [3.63, 3.8) is 0 Å². The van der Waals surface area contributed by atoms with Crippen molar-refractivity contribution in [2.75, 3.05) is 20.3 Å². The molecule has 0 saturated heterocycles. The molecule has 1 amide bonds. The number of rotatable bonds is 6. The largest absolute Gasteiger partial charge is 0.452 e. The predicted molar refractivity (Wildman–Crippen MR) is 60.5 cm³/mol. The molecule has 1 aliphatic carbocycles. The summed E-state index contributed by atoms with van der Waals surface area (Å²) in [5, 5.41) is 8.75. The van der Waals surface area contributed by atoms with Gasteiger partial charge in [-0.1, -0.05) is 6.42 Å². The van der Waals surface area contributed by atoms with E-state index in [1.165, 1.54) is 4.31 Å². The van der Waals surface area contributed by atoms with Crippen LogP contribution in [0.5, 0.6) is 0 Å². The molecule has 0 unspecified atom stereocenters. The summed E-state index contributed by atoms with van der Waals surface area (Å²) in [5.41, 5.74) is 0. The van der Waals surface area contributed by atoms with Gasteiger partial charge in [0.05, 0.1) is 7.11 Å². The Kier molecular flexibility index (Phi) is 5.16. The van der Waals surface area contributed by atoms with E-state index in [-0.39, 0.29) is 19.2 Å². The summed E-state index contributed by atoms with van der Waals surface area (Å²) in [6.45, 7) is 0.116. The fraction of sp³-hybridized carbons (Fsp3) is 0.889. The summed E-state index contributed by atoms with van der Waals surface area (Å²) in [6, 6.07) is -0.0799. The Morgan fingerprint density at radius 2 is 2.18 bits per heavy atom. The van der Waals surface area contributed by atoms with Gasteiger partial charge in [0, 0.05) is 19.2 Å². The van der Waals surface area contributed by atoms with Crippen LogP contribution in [0.3, 0.4) is 0 Å². The van der Waals surface area contributed by atoms with E-state index in [0.29, 0.717) is 6.42 Å². The van der Waals surface area contributed by atoms with Crippen molar-refractivity contribution in [2.24, 2.45) is 0 Å². The van der Waals surface area contributed by atoms with Crippen LogP contribution in [0.15, 0.2) is 0 Å². The number of hydrogen-bond acceptors (Lipinski definition) is 5. The SMILES string of the molecule is COC(=O)NS(=O)(=O)N(CCCO)C1CCC1. The molecule has 7 nitrogen and oxygen atoms in total. The maximum atomic E-state index is 11.9. The van der Waals surface area contributed by atoms with Crippen LogP contribution in [-0.2, 0) is 14.9 Å². The van der Waals surface area contributed by atoms with Gasteiger partial charge in [0.25, 0.3) is 0 Å². The summed E-state index contributed by atoms with van der Waals surface area (Å²) < 4.78 is 31.1. The number of amides is 1. The maximum absolute atomic E-state index is 11.9. The third-order valence-electron chi connectivity index (χ3n) is 2.73. The van der Waals surface area contributed by atoms with E-state index in [9.17, 15) is 13.2 Å². The minimum Gasteiger partial charge on any atom is -0.452 e. The standard InChI is InChI=1S/C9H18N2O5S/c1-16-9(13)10-17(14,15)11(6-3-7-12)8-4-2-5-8/h8,12H,2-7H2,1H3,(H,10,13). The molecule has 0 aromatic carbocycles. The summed E-state index contributed by atoms with van der Waals surface area (Å²) in [4.78, 5) is 10.9. The van der Waals surface area contributed by atoms with Gasteiger partial charge in [0.1, 0.15) is 0 Å². The van der Waals surface area contributed by atoms with E-state index >= 15 is 0 Å². The predicted octanol–water partition coefficient (Wildman–Crippen LogP) is -0.176. The number of carbonyl (C=O) groups is 1. The van der Waals surface area contributed by atoms with Gasteiger partial charge in [0.15, 0.2) is 0 Å². The fourth-order valence-corrected chi connectivity index (χ4v) is 2.99. The van der Waals surface area contributed by atoms with Crippen molar-refractivity contribution in [3.05, 3.63) is 0 Å². The second-order valence-corrected chi connectivity index (χ2v) is 5.49. The Hall–Kier alpha value is -0.860. The van der Waals surface area contributed by atoms with Crippen molar-refractivity contribution in [2.45, 2.75) is 31.7 Å². The molecule has 1 aliphatic rings. The molecular weight excluding hydrogens is 248 g/mol. The molecule has 0 atom stereocenters. The molecular formula is C9H18N2O5S. The molecule has 100 valence electrons. The van der Waals surface area contributed by atoms with Crippen LogP contribution >= 0.6 is 0 Å². The Bertz CT molecular complexity index is 352. The van der Waals surface area contributed by atoms with Gasteiger partial charge >= 0.3 is 16.3 Å². The summed E-state index contributed by atoms with van der Waals surface area (Å²) >= 11 is 0. The molecule has 1 fully saturated rings. The topological polar surface area (TPSA) is 95.9 Å². The zero-order valence-electron chi connectivity index (χ0n) is 9.76. The number of hydrogen-bond donors (Lipinski definition) is 2. The van der Waals surface area contributed by atoms with Crippen molar-refractivity contribution >= 4 is 16.3 Å². The number of carbonyl (C=O) groups excluding carboxylic acids is 1. The first-order valence-corrected chi connectivity index (χ1v) is 6.93. The van der Waals surface area contributed by atoms with Crippen LogP contribution in [0.2, 0.25) is 0 Å². The fourth-order valence-electron chi connectivity index (χ4n) is 1.61. The quantitative estimate of drug-likeness (QED) is 0.695. The van der Waals surface area contributed by atoms with Gasteiger partial charge in [-0.05, 0) is 19.3 Å². The molecule has 0 spiro atoms. The van der Waals surface area contributed by atoms with E-state index in [1.807, 2.05) is 4.72 Å². The van der Waals surface area contributed by atoms with Crippen LogP contribution in [0.4, 0.5) is 4.79 Å². The van der Waals surface area contributed by atoms with Gasteiger partial charge in [-0.15, -0.1) is 0 Å². The molecule has 2 N–H and O–H groups in total. The smallest absolute Gasteiger partial charge is 0.421 e. The van der Waals surface area contributed by atoms with Crippen LogP contribution in [-0.4, -0.2) is 50.2 Å². The van der Waals surface area contributed by atoms with Gasteiger partial charge in [-0.25, -0.2) is 9.52 Å². The normalized spacial score (nSPS) is 16.6. The van der Waals surface area contributed by atoms with Crippen LogP contribution < -0.4 is 4.72 Å². The second-order valence-electron chi connectivity index (χ2n) is 3.87. The molecule has 0 aromatic rings. The number of nitrogens with one attached hydrogen (secondary N) is 1. The molecule has 8 heteroatoms. The van der Waals surface area contributed by atoms with E-state index < -0.39 is 16.3 Å². The molecule has 17 heavy (non-hydrogen) atoms. The van der Waals surface area contributed by atoms with Gasteiger partial charge in [-0.3, -0.25) is 0 Å². The van der Waals surface area contributed by atoms with Crippen LogP contribution in [0.25, 0.3) is 0 Å². The molecule has 0 aliphatic heterocycles. The van der Waals surface area contributed by atoms with E-state index in [2.05, 4.69) is 4.74 Å². The summed E-state index contributed by atoms with van der Waals surface area (Å²) in [6.07, 6.45) is 1.89. The van der Waals surface area contributed by atoms with Crippen molar-refractivity contribution in [1.29, 1.82) is 0 Å². The monoisotopic (exact) mass is 266 g/mol. The first-order chi connectivity index (χ1) is 8.01. The Morgan fingerprint density at radius 3 is 2.59 bits per heavy atom. The Morgan fingerprint density at radius 1 is 1.53 bits per heavy atom.